The van der Waals surface area contributed by atoms with Crippen molar-refractivity contribution >= 4 is 23.3 Å². The Morgan fingerprint density at radius 3 is 2.75 bits per heavy atom. The summed E-state index contributed by atoms with van der Waals surface area (Å²) in [6.07, 6.45) is 2.16. The van der Waals surface area contributed by atoms with E-state index < -0.39 is 22.5 Å². The van der Waals surface area contributed by atoms with Crippen LogP contribution >= 0.6 is 0 Å². The molecule has 3 aromatic heterocycles. The Labute approximate surface area is 183 Å². The Balaban J connectivity index is 2.13. The van der Waals surface area contributed by atoms with E-state index in [0.717, 1.165) is 10.6 Å². The smallest absolute Gasteiger partial charge is 0.414 e. The fourth-order valence-electron chi connectivity index (χ4n) is 2.91. The van der Waals surface area contributed by atoms with Crippen LogP contribution in [-0.2, 0) is 22.6 Å². The van der Waals surface area contributed by atoms with Crippen molar-refractivity contribution < 1.29 is 23.6 Å². The molecule has 0 saturated carbocycles. The number of oxazole rings is 1. The van der Waals surface area contributed by atoms with E-state index in [-0.39, 0.29) is 37.0 Å². The minimum Gasteiger partial charge on any atom is -0.449 e. The third-order valence-electron chi connectivity index (χ3n) is 4.34. The van der Waals surface area contributed by atoms with Gasteiger partial charge in [0, 0.05) is 25.1 Å². The lowest BCUT2D eigenvalue weighted by molar-refractivity contribution is -0.383. The average Bonchev–Trinajstić information content (AvgIpc) is 3.21. The molecular weight excluding hydrogens is 420 g/mol. The molecule has 1 amide bonds. The van der Waals surface area contributed by atoms with Crippen molar-refractivity contribution in [3.8, 4) is 11.6 Å². The van der Waals surface area contributed by atoms with Gasteiger partial charge in [0.25, 0.3) is 0 Å². The zero-order valence-electron chi connectivity index (χ0n) is 17.8. The first kappa shape index (κ1) is 22.6. The number of nitro groups is 1. The zero-order valence-corrected chi connectivity index (χ0v) is 17.8. The summed E-state index contributed by atoms with van der Waals surface area (Å²) < 4.78 is 15.6. The normalized spacial score (nSPS) is 10.7. The van der Waals surface area contributed by atoms with Gasteiger partial charge in [-0.3, -0.25) is 20.0 Å². The number of pyridine rings is 2. The first-order chi connectivity index (χ1) is 15.3. The van der Waals surface area contributed by atoms with Crippen LogP contribution in [-0.4, -0.2) is 39.7 Å². The van der Waals surface area contributed by atoms with Crippen LogP contribution in [0.5, 0.6) is 0 Å². The van der Waals surface area contributed by atoms with Crippen molar-refractivity contribution in [3.63, 3.8) is 0 Å². The Hall–Kier alpha value is -4.06. The molecule has 0 aliphatic carbocycles. The number of rotatable bonds is 8. The monoisotopic (exact) mass is 442 g/mol. The summed E-state index contributed by atoms with van der Waals surface area (Å²) in [5.74, 6) is -0.328. The molecule has 32 heavy (non-hydrogen) atoms. The van der Waals surface area contributed by atoms with E-state index in [1.54, 1.807) is 25.3 Å². The topological polar surface area (TPSA) is 160 Å². The molecule has 0 fully saturated rings. The standard InChI is InChI=1S/C20H22N6O6/c1-4-31-20(27)25(9-13-6-5-12(2)22-8-13)16-7-15(24-18(21)17(16)26(28)29)19-23-14(10-30-3)11-32-19/h5-8,11H,4,9-10H2,1-3H3,(H2,21,24). The molecule has 0 aromatic carbocycles. The van der Waals surface area contributed by atoms with Crippen molar-refractivity contribution in [1.82, 2.24) is 15.0 Å². The average molecular weight is 442 g/mol. The van der Waals surface area contributed by atoms with Crippen LogP contribution in [0.4, 0.5) is 22.0 Å². The van der Waals surface area contributed by atoms with Crippen molar-refractivity contribution in [2.45, 2.75) is 27.0 Å². The van der Waals surface area contributed by atoms with E-state index in [1.165, 1.54) is 19.4 Å². The quantitative estimate of drug-likeness (QED) is 0.405. The van der Waals surface area contributed by atoms with Crippen LogP contribution in [0.1, 0.15) is 23.9 Å². The molecule has 12 heteroatoms. The van der Waals surface area contributed by atoms with E-state index in [2.05, 4.69) is 15.0 Å². The number of aromatic nitrogens is 3. The number of carbonyl (C=O) groups excluding carboxylic acids is 1. The van der Waals surface area contributed by atoms with E-state index in [0.29, 0.717) is 11.3 Å². The molecule has 0 saturated heterocycles. The predicted molar refractivity (Wildman–Crippen MR) is 114 cm³/mol. The SMILES string of the molecule is CCOC(=O)N(Cc1ccc(C)nc1)c1cc(-c2nc(COC)co2)nc(N)c1[N+](=O)[O-]. The summed E-state index contributed by atoms with van der Waals surface area (Å²) >= 11 is 0. The van der Waals surface area contributed by atoms with Gasteiger partial charge >= 0.3 is 11.8 Å². The van der Waals surface area contributed by atoms with E-state index >= 15 is 0 Å². The van der Waals surface area contributed by atoms with Crippen LogP contribution in [0.2, 0.25) is 0 Å². The number of aryl methyl sites for hydroxylation is 1. The first-order valence-electron chi connectivity index (χ1n) is 9.58. The van der Waals surface area contributed by atoms with Gasteiger partial charge < -0.3 is 19.6 Å². The molecule has 0 spiro atoms. The van der Waals surface area contributed by atoms with Gasteiger partial charge in [0.15, 0.2) is 0 Å². The van der Waals surface area contributed by atoms with Crippen LogP contribution in [0.25, 0.3) is 11.6 Å². The molecular formula is C20H22N6O6. The van der Waals surface area contributed by atoms with Crippen LogP contribution < -0.4 is 10.6 Å². The second-order valence-electron chi connectivity index (χ2n) is 6.69. The molecule has 2 N–H and O–H groups in total. The van der Waals surface area contributed by atoms with Gasteiger partial charge in [-0.15, -0.1) is 0 Å². The highest BCUT2D eigenvalue weighted by Gasteiger charge is 2.31. The second-order valence-corrected chi connectivity index (χ2v) is 6.69. The lowest BCUT2D eigenvalue weighted by Gasteiger charge is -2.22. The fourth-order valence-corrected chi connectivity index (χ4v) is 2.91. The van der Waals surface area contributed by atoms with Gasteiger partial charge in [-0.1, -0.05) is 6.07 Å². The molecule has 0 bridgehead atoms. The maximum absolute atomic E-state index is 12.8. The van der Waals surface area contributed by atoms with E-state index in [9.17, 15) is 14.9 Å². The summed E-state index contributed by atoms with van der Waals surface area (Å²) in [6.45, 7) is 3.68. The van der Waals surface area contributed by atoms with Gasteiger partial charge in [-0.2, -0.15) is 0 Å². The highest BCUT2D eigenvalue weighted by Crippen LogP contribution is 2.37. The molecule has 3 rings (SSSR count). The van der Waals surface area contributed by atoms with Crippen LogP contribution in [0, 0.1) is 17.0 Å². The summed E-state index contributed by atoms with van der Waals surface area (Å²) in [5.41, 5.74) is 7.30. The lowest BCUT2D eigenvalue weighted by Crippen LogP contribution is -2.32. The van der Waals surface area contributed by atoms with E-state index in [4.69, 9.17) is 19.6 Å². The number of methoxy groups -OCH3 is 1. The van der Waals surface area contributed by atoms with Crippen LogP contribution in [0.15, 0.2) is 35.1 Å². The molecule has 3 aromatic rings. The predicted octanol–water partition coefficient (Wildman–Crippen LogP) is 3.24. The largest absolute Gasteiger partial charge is 0.449 e. The van der Waals surface area contributed by atoms with E-state index in [1.807, 2.05) is 6.92 Å². The number of hydrogen-bond donors (Lipinski definition) is 1. The Morgan fingerprint density at radius 2 is 2.12 bits per heavy atom. The number of amides is 1. The number of nitrogen functional groups attached to an aromatic ring is 1. The van der Waals surface area contributed by atoms with Crippen LogP contribution in [0.3, 0.4) is 0 Å². The number of nitrogens with two attached hydrogens (primary N) is 1. The second kappa shape index (κ2) is 9.83. The van der Waals surface area contributed by atoms with Crippen molar-refractivity contribution in [1.29, 1.82) is 0 Å². The van der Waals surface area contributed by atoms with Crippen molar-refractivity contribution in [2.75, 3.05) is 24.4 Å². The van der Waals surface area contributed by atoms with Crippen molar-refractivity contribution in [2.24, 2.45) is 0 Å². The Morgan fingerprint density at radius 1 is 1.34 bits per heavy atom. The Kier molecular flexibility index (Phi) is 6.95. The van der Waals surface area contributed by atoms with Gasteiger partial charge in [-0.05, 0) is 25.5 Å². The maximum atomic E-state index is 12.8. The first-order valence-corrected chi connectivity index (χ1v) is 9.58. The molecule has 0 radical (unpaired) electrons. The zero-order chi connectivity index (χ0) is 23.3. The summed E-state index contributed by atoms with van der Waals surface area (Å²) in [5, 5.41) is 11.8. The number of nitrogens with zero attached hydrogens (tertiary/aromatic N) is 5. The molecule has 3 heterocycles. The summed E-state index contributed by atoms with van der Waals surface area (Å²) in [6, 6.07) is 4.84. The molecule has 0 aliphatic rings. The molecule has 0 unspecified atom stereocenters. The Bertz CT molecular complexity index is 1110. The summed E-state index contributed by atoms with van der Waals surface area (Å²) in [4.78, 5) is 37.5. The van der Waals surface area contributed by atoms with Gasteiger partial charge in [-0.25, -0.2) is 14.8 Å². The molecule has 0 atom stereocenters. The lowest BCUT2D eigenvalue weighted by atomic mass is 10.2. The third-order valence-corrected chi connectivity index (χ3v) is 4.34. The van der Waals surface area contributed by atoms with Gasteiger partial charge in [0.05, 0.1) is 24.7 Å². The fraction of sp³-hybridized carbons (Fsp3) is 0.300. The highest BCUT2D eigenvalue weighted by atomic mass is 16.6. The van der Waals surface area contributed by atoms with Gasteiger partial charge in [0.2, 0.25) is 11.7 Å². The number of ether oxygens (including phenoxy) is 2. The van der Waals surface area contributed by atoms with Crippen molar-refractivity contribution in [3.05, 3.63) is 57.7 Å². The van der Waals surface area contributed by atoms with Gasteiger partial charge in [0.1, 0.15) is 23.3 Å². The summed E-state index contributed by atoms with van der Waals surface area (Å²) in [7, 11) is 1.51. The highest BCUT2D eigenvalue weighted by molar-refractivity contribution is 5.93. The number of carbonyl (C=O) groups is 1. The minimum atomic E-state index is -0.791. The number of hydrogen-bond acceptors (Lipinski definition) is 10. The molecule has 12 nitrogen and oxygen atoms in total. The third kappa shape index (κ3) is 4.98. The maximum Gasteiger partial charge on any atom is 0.414 e. The molecule has 168 valence electrons. The number of anilines is 2. The minimum absolute atomic E-state index is 0.0453. The molecule has 0 aliphatic heterocycles.